The third-order valence-corrected chi connectivity index (χ3v) is 3.22. The van der Waals surface area contributed by atoms with Gasteiger partial charge in [0.15, 0.2) is 5.75 Å². The van der Waals surface area contributed by atoms with Gasteiger partial charge in [0.25, 0.3) is 0 Å². The summed E-state index contributed by atoms with van der Waals surface area (Å²) in [5.41, 5.74) is -0.557. The Bertz CT molecular complexity index is 498. The van der Waals surface area contributed by atoms with Crippen molar-refractivity contribution in [3.05, 3.63) is 18.2 Å². The van der Waals surface area contributed by atoms with E-state index in [1.165, 1.54) is 17.3 Å². The molecule has 1 aromatic heterocycles. The van der Waals surface area contributed by atoms with Gasteiger partial charge in [-0.15, -0.1) is 0 Å². The summed E-state index contributed by atoms with van der Waals surface area (Å²) in [6.07, 6.45) is 1.97. The lowest BCUT2D eigenvalue weighted by atomic mass is 9.93. The summed E-state index contributed by atoms with van der Waals surface area (Å²) < 4.78 is 5.29. The first-order chi connectivity index (χ1) is 9.76. The van der Waals surface area contributed by atoms with Crippen molar-refractivity contribution in [3.8, 4) is 5.75 Å². The zero-order valence-corrected chi connectivity index (χ0v) is 12.5. The second-order valence-electron chi connectivity index (χ2n) is 6.19. The number of aliphatic hydroxyl groups is 1. The Morgan fingerprint density at radius 2 is 2.00 bits per heavy atom. The fourth-order valence-corrected chi connectivity index (χ4v) is 2.25. The van der Waals surface area contributed by atoms with Gasteiger partial charge in [-0.05, 0) is 27.2 Å². The molecular formula is C14H21N3O4. The normalized spacial score (nSPS) is 23.0. The van der Waals surface area contributed by atoms with Crippen LogP contribution in [0.15, 0.2) is 12.4 Å². The van der Waals surface area contributed by atoms with Crippen LogP contribution in [0.4, 0.5) is 4.79 Å². The number of hydrogen-bond acceptors (Lipinski definition) is 6. The maximum absolute atomic E-state index is 12.0. The average molecular weight is 295 g/mol. The zero-order chi connectivity index (χ0) is 15.6. The molecule has 1 amide bonds. The molecule has 2 atom stereocenters. The number of amides is 1. The molecule has 2 unspecified atom stereocenters. The van der Waals surface area contributed by atoms with Crippen molar-refractivity contribution in [2.24, 2.45) is 0 Å². The predicted octanol–water partition coefficient (Wildman–Crippen LogP) is 1.27. The molecule has 0 saturated carbocycles. The van der Waals surface area contributed by atoms with E-state index in [2.05, 4.69) is 9.97 Å². The third-order valence-electron chi connectivity index (χ3n) is 3.22. The molecule has 7 nitrogen and oxygen atoms in total. The van der Waals surface area contributed by atoms with Crippen molar-refractivity contribution < 1.29 is 19.7 Å². The van der Waals surface area contributed by atoms with E-state index >= 15 is 0 Å². The summed E-state index contributed by atoms with van der Waals surface area (Å²) in [6.45, 7) is 6.07. The molecule has 1 fully saturated rings. The van der Waals surface area contributed by atoms with Gasteiger partial charge in [0.05, 0.1) is 25.0 Å². The highest BCUT2D eigenvalue weighted by atomic mass is 16.6. The number of ether oxygens (including phenoxy) is 1. The van der Waals surface area contributed by atoms with Crippen molar-refractivity contribution >= 4 is 6.09 Å². The van der Waals surface area contributed by atoms with Crippen LogP contribution in [0.1, 0.15) is 38.9 Å². The molecule has 1 aliphatic heterocycles. The van der Waals surface area contributed by atoms with E-state index in [0.29, 0.717) is 18.8 Å². The lowest BCUT2D eigenvalue weighted by molar-refractivity contribution is -0.00234. The minimum absolute atomic E-state index is 0.0144. The largest absolute Gasteiger partial charge is 0.505 e. The second kappa shape index (κ2) is 5.85. The molecule has 2 N–H and O–H groups in total. The number of nitrogens with zero attached hydrogens (tertiary/aromatic N) is 3. The van der Waals surface area contributed by atoms with Gasteiger partial charge in [-0.25, -0.2) is 14.8 Å². The fourth-order valence-electron chi connectivity index (χ4n) is 2.25. The van der Waals surface area contributed by atoms with Gasteiger partial charge in [-0.3, -0.25) is 0 Å². The molecule has 21 heavy (non-hydrogen) atoms. The van der Waals surface area contributed by atoms with E-state index in [0.717, 1.165) is 0 Å². The number of hydrogen-bond donors (Lipinski definition) is 2. The van der Waals surface area contributed by atoms with Crippen LogP contribution in [-0.4, -0.2) is 56.0 Å². The molecule has 7 heteroatoms. The number of carbonyl (C=O) groups excluding carboxylic acids is 1. The van der Waals surface area contributed by atoms with Crippen LogP contribution in [0.3, 0.4) is 0 Å². The summed E-state index contributed by atoms with van der Waals surface area (Å²) in [4.78, 5) is 21.5. The number of aliphatic hydroxyl groups excluding tert-OH is 1. The Hall–Kier alpha value is -1.89. The standard InChI is InChI=1S/C14H21N3O4/c1-14(2,3)21-13(20)17-5-4-10(11(19)8-17)12-15-6-9(18)7-16-12/h6-7,10-11,18-19H,4-5,8H2,1-3H3. The summed E-state index contributed by atoms with van der Waals surface area (Å²) in [5.74, 6) is 0.216. The first-order valence-electron chi connectivity index (χ1n) is 6.93. The summed E-state index contributed by atoms with van der Waals surface area (Å²) >= 11 is 0. The van der Waals surface area contributed by atoms with E-state index in [-0.39, 0.29) is 18.2 Å². The number of likely N-dealkylation sites (tertiary alicyclic amines) is 1. The Labute approximate surface area is 123 Å². The van der Waals surface area contributed by atoms with E-state index in [4.69, 9.17) is 4.74 Å². The quantitative estimate of drug-likeness (QED) is 0.810. The maximum atomic E-state index is 12.0. The van der Waals surface area contributed by atoms with Crippen molar-refractivity contribution in [2.45, 2.75) is 44.8 Å². The molecule has 1 aliphatic rings. The first kappa shape index (κ1) is 15.5. The van der Waals surface area contributed by atoms with E-state index in [1.807, 2.05) is 0 Å². The van der Waals surface area contributed by atoms with Crippen LogP contribution in [0.25, 0.3) is 0 Å². The highest BCUT2D eigenvalue weighted by Gasteiger charge is 2.34. The van der Waals surface area contributed by atoms with Gasteiger partial charge in [-0.2, -0.15) is 0 Å². The first-order valence-corrected chi connectivity index (χ1v) is 6.93. The topological polar surface area (TPSA) is 95.8 Å². The van der Waals surface area contributed by atoms with Crippen LogP contribution in [0, 0.1) is 0 Å². The van der Waals surface area contributed by atoms with Gasteiger partial charge in [0.2, 0.25) is 0 Å². The molecular weight excluding hydrogens is 274 g/mol. The Kier molecular flexibility index (Phi) is 4.32. The SMILES string of the molecule is CC(C)(C)OC(=O)N1CCC(c2ncc(O)cn2)C(O)C1. The summed E-state index contributed by atoms with van der Waals surface area (Å²) in [6, 6.07) is 0. The van der Waals surface area contributed by atoms with Gasteiger partial charge in [0.1, 0.15) is 11.4 Å². The lowest BCUT2D eigenvalue weighted by Gasteiger charge is -2.36. The smallest absolute Gasteiger partial charge is 0.410 e. The van der Waals surface area contributed by atoms with Crippen LogP contribution in [0.2, 0.25) is 0 Å². The fraction of sp³-hybridized carbons (Fsp3) is 0.643. The molecule has 2 heterocycles. The number of rotatable bonds is 1. The van der Waals surface area contributed by atoms with Crippen molar-refractivity contribution in [3.63, 3.8) is 0 Å². The van der Waals surface area contributed by atoms with Crippen LogP contribution in [0.5, 0.6) is 5.75 Å². The highest BCUT2D eigenvalue weighted by Crippen LogP contribution is 2.27. The number of β-amino-alcohol motifs (C(OH)–C–C–N with tert-alkyl or cyclic N) is 1. The van der Waals surface area contributed by atoms with E-state index in [9.17, 15) is 15.0 Å². The molecule has 0 radical (unpaired) electrons. The molecule has 0 bridgehead atoms. The number of carbonyl (C=O) groups is 1. The third kappa shape index (κ3) is 4.04. The monoisotopic (exact) mass is 295 g/mol. The van der Waals surface area contributed by atoms with Crippen LogP contribution in [-0.2, 0) is 4.74 Å². The van der Waals surface area contributed by atoms with Crippen LogP contribution < -0.4 is 0 Å². The Balaban J connectivity index is 1.99. The predicted molar refractivity (Wildman–Crippen MR) is 74.9 cm³/mol. The van der Waals surface area contributed by atoms with E-state index < -0.39 is 17.8 Å². The van der Waals surface area contributed by atoms with Gasteiger partial charge < -0.3 is 19.8 Å². The highest BCUT2D eigenvalue weighted by molar-refractivity contribution is 5.68. The zero-order valence-electron chi connectivity index (χ0n) is 12.5. The van der Waals surface area contributed by atoms with Gasteiger partial charge >= 0.3 is 6.09 Å². The Morgan fingerprint density at radius 3 is 2.52 bits per heavy atom. The summed E-state index contributed by atoms with van der Waals surface area (Å²) in [7, 11) is 0. The van der Waals surface area contributed by atoms with Crippen molar-refractivity contribution in [2.75, 3.05) is 13.1 Å². The summed E-state index contributed by atoms with van der Waals surface area (Å²) in [5, 5.41) is 19.4. The minimum atomic E-state index is -0.754. The number of aromatic nitrogens is 2. The Morgan fingerprint density at radius 1 is 1.38 bits per heavy atom. The second-order valence-corrected chi connectivity index (χ2v) is 6.19. The van der Waals surface area contributed by atoms with Crippen molar-refractivity contribution in [1.82, 2.24) is 14.9 Å². The number of piperidine rings is 1. The van der Waals surface area contributed by atoms with E-state index in [1.54, 1.807) is 20.8 Å². The van der Waals surface area contributed by atoms with Gasteiger partial charge in [-0.1, -0.05) is 0 Å². The maximum Gasteiger partial charge on any atom is 0.410 e. The molecule has 0 aromatic carbocycles. The van der Waals surface area contributed by atoms with Crippen molar-refractivity contribution in [1.29, 1.82) is 0 Å². The minimum Gasteiger partial charge on any atom is -0.505 e. The molecule has 2 rings (SSSR count). The van der Waals surface area contributed by atoms with Gasteiger partial charge in [0, 0.05) is 12.5 Å². The molecule has 116 valence electrons. The average Bonchev–Trinajstić information content (AvgIpc) is 2.38. The molecule has 1 aromatic rings. The molecule has 0 aliphatic carbocycles. The molecule has 0 spiro atoms. The number of aromatic hydroxyl groups is 1. The molecule has 1 saturated heterocycles. The lowest BCUT2D eigenvalue weighted by Crippen LogP contribution is -2.47. The van der Waals surface area contributed by atoms with Crippen LogP contribution >= 0.6 is 0 Å².